The molecule has 0 saturated carbocycles. The summed E-state index contributed by atoms with van der Waals surface area (Å²) in [7, 11) is 0. The Bertz CT molecular complexity index is 413. The van der Waals surface area contributed by atoms with Crippen LogP contribution in [-0.4, -0.2) is 42.6 Å². The summed E-state index contributed by atoms with van der Waals surface area (Å²) in [6.45, 7) is 9.61. The van der Waals surface area contributed by atoms with Gasteiger partial charge < -0.3 is 9.80 Å². The van der Waals surface area contributed by atoms with Gasteiger partial charge in [0.2, 0.25) is 0 Å². The number of nitrogens with zero attached hydrogens (tertiary/aromatic N) is 4. The second-order valence-electron chi connectivity index (χ2n) is 4.16. The second-order valence-corrected chi connectivity index (χ2v) is 5.14. The zero-order chi connectivity index (χ0) is 12.3. The fourth-order valence-corrected chi connectivity index (χ4v) is 3.06. The lowest BCUT2D eigenvalue weighted by Gasteiger charge is -2.33. The van der Waals surface area contributed by atoms with Gasteiger partial charge in [-0.25, -0.2) is 4.98 Å². The fourth-order valence-electron chi connectivity index (χ4n) is 2.06. The van der Waals surface area contributed by atoms with Gasteiger partial charge >= 0.3 is 0 Å². The van der Waals surface area contributed by atoms with Crippen LogP contribution in [0.4, 0.5) is 5.13 Å². The first kappa shape index (κ1) is 12.3. The lowest BCUT2D eigenvalue weighted by molar-refractivity contribution is 0.271. The van der Waals surface area contributed by atoms with Gasteiger partial charge in [-0.05, 0) is 13.0 Å². The molecule has 0 amide bonds. The van der Waals surface area contributed by atoms with E-state index >= 15 is 0 Å². The maximum Gasteiger partial charge on any atom is 0.186 e. The number of anilines is 1. The Morgan fingerprint density at radius 1 is 1.29 bits per heavy atom. The molecule has 5 heteroatoms. The van der Waals surface area contributed by atoms with Crippen molar-refractivity contribution in [1.82, 2.24) is 9.88 Å². The summed E-state index contributed by atoms with van der Waals surface area (Å²) in [5, 5.41) is 10.1. The van der Waals surface area contributed by atoms with Crippen molar-refractivity contribution < 1.29 is 0 Å². The molecule has 0 atom stereocenters. The molecule has 0 bridgehead atoms. The van der Waals surface area contributed by atoms with E-state index in [9.17, 15) is 0 Å². The van der Waals surface area contributed by atoms with E-state index in [2.05, 4.69) is 34.7 Å². The Hall–Kier alpha value is -1.12. The molecule has 92 valence electrons. The molecule has 17 heavy (non-hydrogen) atoms. The Kier molecular flexibility index (Phi) is 3.97. The van der Waals surface area contributed by atoms with Crippen molar-refractivity contribution in [1.29, 1.82) is 5.26 Å². The standard InChI is InChI=1S/C12H18N4S/c1-3-10-11(9-13)17-12(14-10)16-7-5-15(4-2)6-8-16/h3-8H2,1-2H3. The highest BCUT2D eigenvalue weighted by Gasteiger charge is 2.20. The maximum absolute atomic E-state index is 9.04. The van der Waals surface area contributed by atoms with Crippen molar-refractivity contribution >= 4 is 16.5 Å². The number of nitriles is 1. The first-order valence-electron chi connectivity index (χ1n) is 6.15. The van der Waals surface area contributed by atoms with Gasteiger partial charge in [-0.2, -0.15) is 5.26 Å². The predicted molar refractivity (Wildman–Crippen MR) is 70.5 cm³/mol. The zero-order valence-electron chi connectivity index (χ0n) is 10.4. The molecule has 0 N–H and O–H groups in total. The van der Waals surface area contributed by atoms with Crippen LogP contribution < -0.4 is 4.90 Å². The van der Waals surface area contributed by atoms with E-state index < -0.39 is 0 Å². The summed E-state index contributed by atoms with van der Waals surface area (Å²) in [6.07, 6.45) is 0.842. The maximum atomic E-state index is 9.04. The van der Waals surface area contributed by atoms with Gasteiger partial charge in [-0.3, -0.25) is 0 Å². The third kappa shape index (κ3) is 2.59. The minimum absolute atomic E-state index is 0.778. The van der Waals surface area contributed by atoms with E-state index in [1.807, 2.05) is 0 Å². The van der Waals surface area contributed by atoms with E-state index in [0.717, 1.165) is 54.8 Å². The van der Waals surface area contributed by atoms with Crippen LogP contribution in [0.25, 0.3) is 0 Å². The van der Waals surface area contributed by atoms with E-state index in [0.29, 0.717) is 0 Å². The van der Waals surface area contributed by atoms with Gasteiger partial charge in [-0.15, -0.1) is 0 Å². The van der Waals surface area contributed by atoms with Crippen LogP contribution >= 0.6 is 11.3 Å². The van der Waals surface area contributed by atoms with Crippen molar-refractivity contribution in [3.63, 3.8) is 0 Å². The molecule has 1 aromatic heterocycles. The number of hydrogen-bond acceptors (Lipinski definition) is 5. The Labute approximate surface area is 106 Å². The molecule has 1 aromatic rings. The minimum Gasteiger partial charge on any atom is -0.345 e. The van der Waals surface area contributed by atoms with Gasteiger partial charge in [0.05, 0.1) is 5.69 Å². The third-order valence-corrected chi connectivity index (χ3v) is 4.28. The number of aryl methyl sites for hydroxylation is 1. The van der Waals surface area contributed by atoms with E-state index in [1.54, 1.807) is 0 Å². The van der Waals surface area contributed by atoms with Crippen molar-refractivity contribution in [3.05, 3.63) is 10.6 Å². The highest BCUT2D eigenvalue weighted by Crippen LogP contribution is 2.26. The molecule has 2 rings (SSSR count). The van der Waals surface area contributed by atoms with Crippen LogP contribution in [0.1, 0.15) is 24.4 Å². The first-order chi connectivity index (χ1) is 8.28. The van der Waals surface area contributed by atoms with Gasteiger partial charge in [0, 0.05) is 26.2 Å². The summed E-state index contributed by atoms with van der Waals surface area (Å²) in [5.74, 6) is 0. The summed E-state index contributed by atoms with van der Waals surface area (Å²) in [5.41, 5.74) is 0.949. The Balaban J connectivity index is 2.08. The number of thiazole rings is 1. The fraction of sp³-hybridized carbons (Fsp3) is 0.667. The van der Waals surface area contributed by atoms with Gasteiger partial charge in [0.25, 0.3) is 0 Å². The zero-order valence-corrected chi connectivity index (χ0v) is 11.3. The Morgan fingerprint density at radius 3 is 2.47 bits per heavy atom. The van der Waals surface area contributed by atoms with Gasteiger partial charge in [0.15, 0.2) is 5.13 Å². The van der Waals surface area contributed by atoms with E-state index in [4.69, 9.17) is 5.26 Å². The molecule has 2 heterocycles. The molecule has 1 aliphatic rings. The predicted octanol–water partition coefficient (Wildman–Crippen LogP) is 1.72. The smallest absolute Gasteiger partial charge is 0.186 e. The largest absolute Gasteiger partial charge is 0.345 e. The third-order valence-electron chi connectivity index (χ3n) is 3.21. The molecular weight excluding hydrogens is 232 g/mol. The molecule has 0 aliphatic carbocycles. The molecule has 1 fully saturated rings. The molecule has 0 radical (unpaired) electrons. The van der Waals surface area contributed by atoms with Crippen LogP contribution in [0.3, 0.4) is 0 Å². The first-order valence-corrected chi connectivity index (χ1v) is 6.97. The quantitative estimate of drug-likeness (QED) is 0.819. The normalized spacial score (nSPS) is 17.1. The van der Waals surface area contributed by atoms with Crippen molar-refractivity contribution in [3.8, 4) is 6.07 Å². The lowest BCUT2D eigenvalue weighted by Crippen LogP contribution is -2.46. The van der Waals surface area contributed by atoms with E-state index in [1.165, 1.54) is 11.3 Å². The average molecular weight is 250 g/mol. The van der Waals surface area contributed by atoms with Crippen LogP contribution in [0.5, 0.6) is 0 Å². The molecule has 1 saturated heterocycles. The van der Waals surface area contributed by atoms with Crippen LogP contribution in [-0.2, 0) is 6.42 Å². The second kappa shape index (κ2) is 5.48. The number of likely N-dealkylation sites (N-methyl/N-ethyl adjacent to an activating group) is 1. The Morgan fingerprint density at radius 2 is 2.00 bits per heavy atom. The summed E-state index contributed by atoms with van der Waals surface area (Å²) >= 11 is 1.53. The molecular formula is C12H18N4S. The number of hydrogen-bond donors (Lipinski definition) is 0. The minimum atomic E-state index is 0.778. The van der Waals surface area contributed by atoms with Gasteiger partial charge in [0.1, 0.15) is 10.9 Å². The highest BCUT2D eigenvalue weighted by molar-refractivity contribution is 7.16. The summed E-state index contributed by atoms with van der Waals surface area (Å²) in [4.78, 5) is 10.1. The topological polar surface area (TPSA) is 43.2 Å². The number of aromatic nitrogens is 1. The average Bonchev–Trinajstić information content (AvgIpc) is 2.82. The van der Waals surface area contributed by atoms with Crippen molar-refractivity contribution in [2.24, 2.45) is 0 Å². The summed E-state index contributed by atoms with van der Waals surface area (Å²) < 4.78 is 0. The SMILES string of the molecule is CCc1nc(N2CCN(CC)CC2)sc1C#N. The number of piperazine rings is 1. The monoisotopic (exact) mass is 250 g/mol. The lowest BCUT2D eigenvalue weighted by atomic mass is 10.3. The molecule has 0 unspecified atom stereocenters. The van der Waals surface area contributed by atoms with E-state index in [-0.39, 0.29) is 0 Å². The van der Waals surface area contributed by atoms with Crippen LogP contribution in [0, 0.1) is 11.3 Å². The number of rotatable bonds is 3. The highest BCUT2D eigenvalue weighted by atomic mass is 32.1. The van der Waals surface area contributed by atoms with Gasteiger partial charge in [-0.1, -0.05) is 25.2 Å². The van der Waals surface area contributed by atoms with Crippen molar-refractivity contribution in [2.75, 3.05) is 37.6 Å². The molecule has 0 spiro atoms. The van der Waals surface area contributed by atoms with Crippen LogP contribution in [0.2, 0.25) is 0 Å². The summed E-state index contributed by atoms with van der Waals surface area (Å²) in [6, 6.07) is 2.24. The molecule has 0 aromatic carbocycles. The van der Waals surface area contributed by atoms with Crippen molar-refractivity contribution in [2.45, 2.75) is 20.3 Å². The molecule has 1 aliphatic heterocycles. The molecule has 4 nitrogen and oxygen atoms in total. The van der Waals surface area contributed by atoms with Crippen LogP contribution in [0.15, 0.2) is 0 Å².